The third-order valence-electron chi connectivity index (χ3n) is 3.18. The van der Waals surface area contributed by atoms with Gasteiger partial charge in [-0.05, 0) is 37.3 Å². The van der Waals surface area contributed by atoms with Gasteiger partial charge in [-0.2, -0.15) is 4.99 Å². The molecule has 2 atom stereocenters. The molecular formula is C13H17N3O. The van der Waals surface area contributed by atoms with Crippen molar-refractivity contribution in [1.29, 1.82) is 0 Å². The SMILES string of the molecule is Cc1ccc(C)c(C2C[C@H]2C(=O)N=C(N)N)c1. The monoisotopic (exact) mass is 231 g/mol. The molecule has 0 bridgehead atoms. The molecule has 1 aliphatic rings. The van der Waals surface area contributed by atoms with Gasteiger partial charge < -0.3 is 11.5 Å². The predicted molar refractivity (Wildman–Crippen MR) is 67.6 cm³/mol. The number of nitrogens with zero attached hydrogens (tertiary/aromatic N) is 1. The van der Waals surface area contributed by atoms with E-state index in [9.17, 15) is 4.79 Å². The summed E-state index contributed by atoms with van der Waals surface area (Å²) in [6.07, 6.45) is 0.847. The quantitative estimate of drug-likeness (QED) is 0.593. The minimum atomic E-state index is -0.198. The third-order valence-corrected chi connectivity index (χ3v) is 3.18. The Kier molecular flexibility index (Phi) is 2.88. The Hall–Kier alpha value is -1.84. The molecule has 90 valence electrons. The van der Waals surface area contributed by atoms with Crippen LogP contribution < -0.4 is 11.5 Å². The predicted octanol–water partition coefficient (Wildman–Crippen LogP) is 1.21. The second-order valence-electron chi connectivity index (χ2n) is 4.68. The van der Waals surface area contributed by atoms with E-state index in [0.717, 1.165) is 6.42 Å². The fourth-order valence-electron chi connectivity index (χ4n) is 2.18. The maximum atomic E-state index is 11.6. The van der Waals surface area contributed by atoms with Crippen molar-refractivity contribution in [2.75, 3.05) is 0 Å². The molecule has 1 fully saturated rings. The lowest BCUT2D eigenvalue weighted by molar-refractivity contribution is -0.119. The highest BCUT2D eigenvalue weighted by Crippen LogP contribution is 2.49. The number of amides is 1. The Labute approximate surface area is 101 Å². The molecule has 1 unspecified atom stereocenters. The van der Waals surface area contributed by atoms with Gasteiger partial charge in [-0.3, -0.25) is 4.79 Å². The minimum Gasteiger partial charge on any atom is -0.370 e. The van der Waals surface area contributed by atoms with E-state index < -0.39 is 0 Å². The van der Waals surface area contributed by atoms with Crippen LogP contribution in [0.3, 0.4) is 0 Å². The van der Waals surface area contributed by atoms with Gasteiger partial charge >= 0.3 is 0 Å². The maximum absolute atomic E-state index is 11.6. The van der Waals surface area contributed by atoms with E-state index in [2.05, 4.69) is 37.0 Å². The third kappa shape index (κ3) is 2.46. The summed E-state index contributed by atoms with van der Waals surface area (Å²) >= 11 is 0. The average molecular weight is 231 g/mol. The van der Waals surface area contributed by atoms with E-state index in [-0.39, 0.29) is 23.7 Å². The molecule has 1 aromatic carbocycles. The molecule has 0 heterocycles. The molecule has 1 aromatic rings. The van der Waals surface area contributed by atoms with E-state index in [1.807, 2.05) is 0 Å². The number of guanidine groups is 1. The highest BCUT2D eigenvalue weighted by molar-refractivity contribution is 5.94. The first kappa shape index (κ1) is 11.6. The molecule has 4 N–H and O–H groups in total. The zero-order valence-electron chi connectivity index (χ0n) is 10.1. The Morgan fingerprint density at radius 2 is 2.06 bits per heavy atom. The summed E-state index contributed by atoms with van der Waals surface area (Å²) in [5.74, 6) is -0.111. The summed E-state index contributed by atoms with van der Waals surface area (Å²) in [6.45, 7) is 4.12. The smallest absolute Gasteiger partial charge is 0.252 e. The van der Waals surface area contributed by atoms with Crippen molar-refractivity contribution in [1.82, 2.24) is 0 Å². The molecule has 2 rings (SSSR count). The largest absolute Gasteiger partial charge is 0.370 e. The lowest BCUT2D eigenvalue weighted by Crippen LogP contribution is -2.24. The number of hydrogen-bond acceptors (Lipinski definition) is 1. The van der Waals surface area contributed by atoms with E-state index in [0.29, 0.717) is 0 Å². The van der Waals surface area contributed by atoms with Crippen LogP contribution >= 0.6 is 0 Å². The molecule has 0 spiro atoms. The first-order chi connectivity index (χ1) is 7.99. The summed E-state index contributed by atoms with van der Waals surface area (Å²) < 4.78 is 0. The normalized spacial score (nSPS) is 22.0. The molecule has 4 heteroatoms. The van der Waals surface area contributed by atoms with Crippen molar-refractivity contribution in [3.05, 3.63) is 34.9 Å². The van der Waals surface area contributed by atoms with E-state index in [1.54, 1.807) is 0 Å². The van der Waals surface area contributed by atoms with Gasteiger partial charge in [0.15, 0.2) is 5.96 Å². The van der Waals surface area contributed by atoms with Crippen molar-refractivity contribution < 1.29 is 4.79 Å². The number of aryl methyl sites for hydroxylation is 2. The van der Waals surface area contributed by atoms with Gasteiger partial charge in [-0.1, -0.05) is 23.8 Å². The van der Waals surface area contributed by atoms with Gasteiger partial charge in [-0.15, -0.1) is 0 Å². The molecule has 0 saturated heterocycles. The molecule has 0 aromatic heterocycles. The van der Waals surface area contributed by atoms with Gasteiger partial charge in [0.2, 0.25) is 0 Å². The van der Waals surface area contributed by atoms with Gasteiger partial charge in [0.25, 0.3) is 5.91 Å². The molecule has 17 heavy (non-hydrogen) atoms. The average Bonchev–Trinajstić information content (AvgIpc) is 3.00. The number of carbonyl (C=O) groups is 1. The zero-order valence-corrected chi connectivity index (χ0v) is 10.1. The molecule has 0 aliphatic heterocycles. The van der Waals surface area contributed by atoms with Crippen molar-refractivity contribution >= 4 is 11.9 Å². The fraction of sp³-hybridized carbons (Fsp3) is 0.385. The van der Waals surface area contributed by atoms with Crippen molar-refractivity contribution in [2.24, 2.45) is 22.4 Å². The van der Waals surface area contributed by atoms with Crippen molar-refractivity contribution in [3.8, 4) is 0 Å². The van der Waals surface area contributed by atoms with E-state index in [1.165, 1.54) is 16.7 Å². The van der Waals surface area contributed by atoms with Crippen LogP contribution in [0.25, 0.3) is 0 Å². The van der Waals surface area contributed by atoms with Gasteiger partial charge in [0.1, 0.15) is 0 Å². The second kappa shape index (κ2) is 4.20. The minimum absolute atomic E-state index is 0.0439. The van der Waals surface area contributed by atoms with E-state index in [4.69, 9.17) is 11.5 Å². The highest BCUT2D eigenvalue weighted by Gasteiger charge is 2.44. The topological polar surface area (TPSA) is 81.5 Å². The zero-order chi connectivity index (χ0) is 12.6. The van der Waals surface area contributed by atoms with Crippen LogP contribution in [0.2, 0.25) is 0 Å². The van der Waals surface area contributed by atoms with Crippen LogP contribution in [0.5, 0.6) is 0 Å². The van der Waals surface area contributed by atoms with Crippen LogP contribution in [0, 0.1) is 19.8 Å². The lowest BCUT2D eigenvalue weighted by atomic mass is 10.0. The Morgan fingerprint density at radius 1 is 1.35 bits per heavy atom. The Balaban J connectivity index is 2.15. The standard InChI is InChI=1S/C13H17N3O/c1-7-3-4-8(2)9(5-7)10-6-11(10)12(17)16-13(14)15/h3-5,10-11H,6H2,1-2H3,(H4,14,15,16,17)/t10?,11-/m1/s1. The van der Waals surface area contributed by atoms with Crippen LogP contribution in [0.15, 0.2) is 23.2 Å². The summed E-state index contributed by atoms with van der Waals surface area (Å²) in [5, 5.41) is 0. The first-order valence-electron chi connectivity index (χ1n) is 5.69. The Morgan fingerprint density at radius 3 is 2.71 bits per heavy atom. The lowest BCUT2D eigenvalue weighted by Gasteiger charge is -2.05. The second-order valence-corrected chi connectivity index (χ2v) is 4.68. The van der Waals surface area contributed by atoms with E-state index >= 15 is 0 Å². The molecule has 4 nitrogen and oxygen atoms in total. The Bertz CT molecular complexity index is 489. The van der Waals surface area contributed by atoms with Crippen LogP contribution in [0.1, 0.15) is 29.0 Å². The molecule has 1 amide bonds. The van der Waals surface area contributed by atoms with Crippen LogP contribution in [-0.2, 0) is 4.79 Å². The first-order valence-corrected chi connectivity index (χ1v) is 5.69. The number of nitrogens with two attached hydrogens (primary N) is 2. The molecule has 1 aliphatic carbocycles. The number of hydrogen-bond donors (Lipinski definition) is 2. The number of aliphatic imine (C=N–C) groups is 1. The van der Waals surface area contributed by atoms with Gasteiger partial charge in [0, 0.05) is 5.92 Å². The van der Waals surface area contributed by atoms with Crippen LogP contribution in [0.4, 0.5) is 0 Å². The summed E-state index contributed by atoms with van der Waals surface area (Å²) in [4.78, 5) is 15.2. The summed E-state index contributed by atoms with van der Waals surface area (Å²) in [7, 11) is 0. The van der Waals surface area contributed by atoms with Crippen molar-refractivity contribution in [2.45, 2.75) is 26.2 Å². The number of carbonyl (C=O) groups excluding carboxylic acids is 1. The summed E-state index contributed by atoms with van der Waals surface area (Å²) in [6, 6.07) is 6.31. The van der Waals surface area contributed by atoms with Crippen molar-refractivity contribution in [3.63, 3.8) is 0 Å². The van der Waals surface area contributed by atoms with Crippen LogP contribution in [-0.4, -0.2) is 11.9 Å². The van der Waals surface area contributed by atoms with Gasteiger partial charge in [0.05, 0.1) is 0 Å². The molecule has 1 saturated carbocycles. The summed E-state index contributed by atoms with van der Waals surface area (Å²) in [5.41, 5.74) is 14.1. The fourth-order valence-corrected chi connectivity index (χ4v) is 2.18. The maximum Gasteiger partial charge on any atom is 0.252 e. The highest BCUT2D eigenvalue weighted by atomic mass is 16.1. The number of rotatable bonds is 2. The number of benzene rings is 1. The molecule has 0 radical (unpaired) electrons. The molecular weight excluding hydrogens is 214 g/mol. The van der Waals surface area contributed by atoms with Gasteiger partial charge in [-0.25, -0.2) is 0 Å².